The molecule has 0 amide bonds. The van der Waals surface area contributed by atoms with E-state index < -0.39 is 9.84 Å². The highest BCUT2D eigenvalue weighted by Crippen LogP contribution is 2.32. The molecule has 4 nitrogen and oxygen atoms in total. The summed E-state index contributed by atoms with van der Waals surface area (Å²) in [5.41, 5.74) is 4.54. The maximum atomic E-state index is 12.2. The quantitative estimate of drug-likeness (QED) is 0.926. The van der Waals surface area contributed by atoms with Crippen LogP contribution in [0.1, 0.15) is 29.2 Å². The number of nitrogens with zero attached hydrogens (tertiary/aromatic N) is 1. The van der Waals surface area contributed by atoms with Crippen LogP contribution in [-0.2, 0) is 16.4 Å². The van der Waals surface area contributed by atoms with Crippen LogP contribution in [0.15, 0.2) is 47.4 Å². The van der Waals surface area contributed by atoms with Crippen LogP contribution in [0, 0.1) is 6.92 Å². The van der Waals surface area contributed by atoms with Gasteiger partial charge in [-0.25, -0.2) is 8.42 Å². The summed E-state index contributed by atoms with van der Waals surface area (Å²) in [7, 11) is 0.951. The molecule has 0 saturated carbocycles. The average molecular weight is 344 g/mol. The number of rotatable bonds is 4. The van der Waals surface area contributed by atoms with E-state index in [2.05, 4.69) is 35.3 Å². The Kier molecular flexibility index (Phi) is 4.65. The van der Waals surface area contributed by atoms with Crippen LogP contribution in [0.4, 0.5) is 5.69 Å². The highest BCUT2D eigenvalue weighted by Gasteiger charge is 2.29. The van der Waals surface area contributed by atoms with Crippen molar-refractivity contribution in [3.63, 3.8) is 0 Å². The van der Waals surface area contributed by atoms with Gasteiger partial charge in [0.15, 0.2) is 9.84 Å². The lowest BCUT2D eigenvalue weighted by atomic mass is 10.0. The summed E-state index contributed by atoms with van der Waals surface area (Å²) in [6, 6.07) is 13.8. The SMILES string of the molecule is Cc1ccc(CN[C@H]2CCS(=O)(=O)c3ccccc32)c(N(C)C)c1. The topological polar surface area (TPSA) is 49.4 Å². The van der Waals surface area contributed by atoms with E-state index >= 15 is 0 Å². The van der Waals surface area contributed by atoms with Gasteiger partial charge in [-0.3, -0.25) is 0 Å². The van der Waals surface area contributed by atoms with Crippen LogP contribution >= 0.6 is 0 Å². The summed E-state index contributed by atoms with van der Waals surface area (Å²) in [5.74, 6) is 0.204. The number of hydrogen-bond donors (Lipinski definition) is 1. The number of fused-ring (bicyclic) bond motifs is 1. The first-order valence-corrected chi connectivity index (χ1v) is 9.85. The molecule has 1 heterocycles. The Labute approximate surface area is 144 Å². The molecule has 0 saturated heterocycles. The zero-order valence-corrected chi connectivity index (χ0v) is 15.2. The highest BCUT2D eigenvalue weighted by molar-refractivity contribution is 7.91. The fraction of sp³-hybridized carbons (Fsp3) is 0.368. The molecule has 128 valence electrons. The molecule has 1 aliphatic rings. The van der Waals surface area contributed by atoms with Crippen molar-refractivity contribution < 1.29 is 8.42 Å². The van der Waals surface area contributed by atoms with Gasteiger partial charge in [0.25, 0.3) is 0 Å². The van der Waals surface area contributed by atoms with Gasteiger partial charge in [0.2, 0.25) is 0 Å². The van der Waals surface area contributed by atoms with Gasteiger partial charge in [-0.1, -0.05) is 30.3 Å². The van der Waals surface area contributed by atoms with Crippen molar-refractivity contribution in [2.24, 2.45) is 0 Å². The van der Waals surface area contributed by atoms with Crippen LogP contribution in [0.2, 0.25) is 0 Å². The van der Waals surface area contributed by atoms with E-state index in [-0.39, 0.29) is 11.8 Å². The zero-order valence-electron chi connectivity index (χ0n) is 14.4. The molecule has 0 aromatic heterocycles. The van der Waals surface area contributed by atoms with Crippen molar-refractivity contribution >= 4 is 15.5 Å². The maximum Gasteiger partial charge on any atom is 0.178 e. The van der Waals surface area contributed by atoms with E-state index in [1.165, 1.54) is 16.8 Å². The van der Waals surface area contributed by atoms with Crippen molar-refractivity contribution in [2.45, 2.75) is 30.8 Å². The Morgan fingerprint density at radius 1 is 1.17 bits per heavy atom. The van der Waals surface area contributed by atoms with Gasteiger partial charge in [0, 0.05) is 32.4 Å². The summed E-state index contributed by atoms with van der Waals surface area (Å²) < 4.78 is 24.5. The van der Waals surface area contributed by atoms with Crippen molar-refractivity contribution in [1.82, 2.24) is 5.32 Å². The molecule has 2 aromatic rings. The molecule has 0 bridgehead atoms. The van der Waals surface area contributed by atoms with Crippen LogP contribution in [0.25, 0.3) is 0 Å². The third-order valence-electron chi connectivity index (χ3n) is 4.57. The molecule has 1 N–H and O–H groups in total. The number of sulfone groups is 1. The van der Waals surface area contributed by atoms with Gasteiger partial charge in [-0.15, -0.1) is 0 Å². The minimum Gasteiger partial charge on any atom is -0.377 e. The molecule has 2 aromatic carbocycles. The van der Waals surface area contributed by atoms with Crippen LogP contribution in [0.5, 0.6) is 0 Å². The van der Waals surface area contributed by atoms with Crippen molar-refractivity contribution in [3.05, 3.63) is 59.2 Å². The maximum absolute atomic E-state index is 12.2. The molecule has 1 atom stereocenters. The lowest BCUT2D eigenvalue weighted by Gasteiger charge is -2.27. The molecular formula is C19H24N2O2S. The monoisotopic (exact) mass is 344 g/mol. The lowest BCUT2D eigenvalue weighted by Crippen LogP contribution is -2.30. The number of benzene rings is 2. The predicted molar refractivity (Wildman–Crippen MR) is 98.2 cm³/mol. The number of anilines is 1. The first-order valence-electron chi connectivity index (χ1n) is 8.20. The van der Waals surface area contributed by atoms with Gasteiger partial charge >= 0.3 is 0 Å². The number of aryl methyl sites for hydroxylation is 1. The second-order valence-corrected chi connectivity index (χ2v) is 8.68. The molecular weight excluding hydrogens is 320 g/mol. The Balaban J connectivity index is 1.84. The van der Waals surface area contributed by atoms with Crippen molar-refractivity contribution in [1.29, 1.82) is 0 Å². The fourth-order valence-electron chi connectivity index (χ4n) is 3.27. The smallest absolute Gasteiger partial charge is 0.178 e. The minimum atomic E-state index is -3.13. The zero-order chi connectivity index (χ0) is 17.3. The second-order valence-electron chi connectivity index (χ2n) is 6.61. The minimum absolute atomic E-state index is 0.0704. The van der Waals surface area contributed by atoms with Crippen LogP contribution < -0.4 is 10.2 Å². The third kappa shape index (κ3) is 3.32. The Morgan fingerprint density at radius 3 is 2.67 bits per heavy atom. The Hall–Kier alpha value is -1.85. The number of hydrogen-bond acceptors (Lipinski definition) is 4. The van der Waals surface area contributed by atoms with Gasteiger partial charge in [-0.05, 0) is 42.2 Å². The van der Waals surface area contributed by atoms with Gasteiger partial charge in [0.05, 0.1) is 10.6 Å². The molecule has 0 spiro atoms. The molecule has 3 rings (SSSR count). The first-order chi connectivity index (χ1) is 11.4. The largest absolute Gasteiger partial charge is 0.377 e. The lowest BCUT2D eigenvalue weighted by molar-refractivity contribution is 0.491. The van der Waals surface area contributed by atoms with Crippen molar-refractivity contribution in [3.8, 4) is 0 Å². The van der Waals surface area contributed by atoms with E-state index in [1.54, 1.807) is 12.1 Å². The summed E-state index contributed by atoms with van der Waals surface area (Å²) in [4.78, 5) is 2.59. The Morgan fingerprint density at radius 2 is 1.92 bits per heavy atom. The van der Waals surface area contributed by atoms with E-state index in [1.807, 2.05) is 26.2 Å². The van der Waals surface area contributed by atoms with Crippen molar-refractivity contribution in [2.75, 3.05) is 24.7 Å². The number of nitrogens with one attached hydrogen (secondary N) is 1. The third-order valence-corrected chi connectivity index (χ3v) is 6.38. The molecule has 5 heteroatoms. The van der Waals surface area contributed by atoms with Crippen LogP contribution in [0.3, 0.4) is 0 Å². The molecule has 0 fully saturated rings. The van der Waals surface area contributed by atoms with E-state index in [9.17, 15) is 8.42 Å². The summed E-state index contributed by atoms with van der Waals surface area (Å²) in [6.07, 6.45) is 0.614. The molecule has 24 heavy (non-hydrogen) atoms. The van der Waals surface area contributed by atoms with E-state index in [0.717, 1.165) is 5.56 Å². The predicted octanol–water partition coefficient (Wildman–Crippen LogP) is 3.07. The summed E-state index contributed by atoms with van der Waals surface area (Å²) in [6.45, 7) is 2.80. The molecule has 0 aliphatic carbocycles. The second kappa shape index (κ2) is 6.57. The van der Waals surface area contributed by atoms with Gasteiger partial charge in [0.1, 0.15) is 0 Å². The van der Waals surface area contributed by atoms with E-state index in [4.69, 9.17) is 0 Å². The average Bonchev–Trinajstić information content (AvgIpc) is 2.55. The fourth-order valence-corrected chi connectivity index (χ4v) is 4.90. The normalized spacial score (nSPS) is 18.9. The Bertz CT molecular complexity index is 844. The van der Waals surface area contributed by atoms with Gasteiger partial charge in [-0.2, -0.15) is 0 Å². The highest BCUT2D eigenvalue weighted by atomic mass is 32.2. The standard InChI is InChI=1S/C19H24N2O2S/c1-14-8-9-15(18(12-14)21(2)3)13-20-17-10-11-24(22,23)19-7-5-4-6-16(17)19/h4-9,12,17,20H,10-11,13H2,1-3H3/t17-/m0/s1. The molecule has 1 aliphatic heterocycles. The first kappa shape index (κ1) is 17.0. The summed E-state index contributed by atoms with van der Waals surface area (Å²) in [5, 5.41) is 3.56. The van der Waals surface area contributed by atoms with E-state index in [0.29, 0.717) is 17.9 Å². The van der Waals surface area contributed by atoms with Crippen LogP contribution in [-0.4, -0.2) is 28.3 Å². The molecule has 0 radical (unpaired) electrons. The van der Waals surface area contributed by atoms with Gasteiger partial charge < -0.3 is 10.2 Å². The summed E-state index contributed by atoms with van der Waals surface area (Å²) >= 11 is 0. The molecule has 0 unspecified atom stereocenters.